The molecule has 1 aromatic heterocycles. The smallest absolute Gasteiger partial charge is 0.310 e. The van der Waals surface area contributed by atoms with E-state index >= 15 is 0 Å². The van der Waals surface area contributed by atoms with Crippen LogP contribution in [0.3, 0.4) is 0 Å². The number of nitrogens with zero attached hydrogens (tertiary/aromatic N) is 2. The van der Waals surface area contributed by atoms with Crippen molar-refractivity contribution < 1.29 is 9.90 Å². The summed E-state index contributed by atoms with van der Waals surface area (Å²) in [4.78, 5) is 18.4. The van der Waals surface area contributed by atoms with Crippen molar-refractivity contribution in [1.29, 1.82) is 0 Å². The number of carboxylic acids is 1. The topological polar surface area (TPSA) is 53.4 Å². The Morgan fingerprint density at radius 1 is 1.43 bits per heavy atom. The maximum absolute atomic E-state index is 11.7. The van der Waals surface area contributed by atoms with E-state index in [0.29, 0.717) is 6.54 Å². The van der Waals surface area contributed by atoms with Gasteiger partial charge in [-0.05, 0) is 43.9 Å². The van der Waals surface area contributed by atoms with Gasteiger partial charge in [-0.2, -0.15) is 0 Å². The van der Waals surface area contributed by atoms with Crippen molar-refractivity contribution in [3.8, 4) is 0 Å². The van der Waals surface area contributed by atoms with Crippen molar-refractivity contribution in [2.45, 2.75) is 52.5 Å². The minimum absolute atomic E-state index is 0.559. The molecule has 1 aromatic rings. The quantitative estimate of drug-likeness (QED) is 0.874. The van der Waals surface area contributed by atoms with Gasteiger partial charge in [0, 0.05) is 19.3 Å². The summed E-state index contributed by atoms with van der Waals surface area (Å²) in [5.74, 6) is -0.636. The number of rotatable bonds is 6. The SMILES string of the molecule is CCCC1(C(=O)O)CCCN(Cc2ccc(CC)cn2)C1. The standard InChI is InChI=1S/C17H26N2O2/c1-3-8-17(16(20)21)9-5-10-19(13-17)12-15-7-6-14(4-2)11-18-15/h6-7,11H,3-5,8-10,12-13H2,1-2H3,(H,20,21). The molecule has 0 amide bonds. The number of aliphatic carboxylic acids is 1. The first-order valence-corrected chi connectivity index (χ1v) is 7.99. The number of pyridine rings is 1. The lowest BCUT2D eigenvalue weighted by Gasteiger charge is -2.39. The Balaban J connectivity index is 2.04. The number of piperidine rings is 1. The van der Waals surface area contributed by atoms with E-state index in [1.165, 1.54) is 5.56 Å². The van der Waals surface area contributed by atoms with Crippen LogP contribution in [0.4, 0.5) is 0 Å². The van der Waals surface area contributed by atoms with Crippen LogP contribution in [0.1, 0.15) is 50.8 Å². The number of aryl methyl sites for hydroxylation is 1. The average Bonchev–Trinajstić information content (AvgIpc) is 2.48. The van der Waals surface area contributed by atoms with Crippen molar-refractivity contribution in [2.75, 3.05) is 13.1 Å². The Morgan fingerprint density at radius 2 is 2.24 bits per heavy atom. The Labute approximate surface area is 127 Å². The molecule has 2 rings (SSSR count). The van der Waals surface area contributed by atoms with E-state index < -0.39 is 11.4 Å². The molecule has 4 nitrogen and oxygen atoms in total. The first kappa shape index (κ1) is 16.0. The summed E-state index contributed by atoms with van der Waals surface area (Å²) >= 11 is 0. The summed E-state index contributed by atoms with van der Waals surface area (Å²) in [5.41, 5.74) is 1.71. The van der Waals surface area contributed by atoms with Gasteiger partial charge in [-0.15, -0.1) is 0 Å². The summed E-state index contributed by atoms with van der Waals surface area (Å²) in [6, 6.07) is 4.18. The molecule has 0 aromatic carbocycles. The minimum atomic E-state index is -0.636. The van der Waals surface area contributed by atoms with Crippen LogP contribution in [0.2, 0.25) is 0 Å². The van der Waals surface area contributed by atoms with Crippen LogP contribution in [0.15, 0.2) is 18.3 Å². The number of carbonyl (C=O) groups is 1. The van der Waals surface area contributed by atoms with Crippen molar-refractivity contribution in [3.63, 3.8) is 0 Å². The zero-order valence-electron chi connectivity index (χ0n) is 13.1. The van der Waals surface area contributed by atoms with Crippen molar-refractivity contribution >= 4 is 5.97 Å². The van der Waals surface area contributed by atoms with Crippen LogP contribution in [-0.4, -0.2) is 34.0 Å². The summed E-state index contributed by atoms with van der Waals surface area (Å²) in [5, 5.41) is 9.63. The van der Waals surface area contributed by atoms with Gasteiger partial charge in [0.15, 0.2) is 0 Å². The second-order valence-electron chi connectivity index (χ2n) is 6.16. The molecule has 0 saturated carbocycles. The molecule has 0 radical (unpaired) electrons. The van der Waals surface area contributed by atoms with Crippen LogP contribution in [0, 0.1) is 5.41 Å². The van der Waals surface area contributed by atoms with Gasteiger partial charge in [-0.1, -0.05) is 26.3 Å². The van der Waals surface area contributed by atoms with Crippen molar-refractivity contribution in [2.24, 2.45) is 5.41 Å². The van der Waals surface area contributed by atoms with Crippen LogP contribution in [0.25, 0.3) is 0 Å². The molecule has 1 unspecified atom stereocenters. The molecule has 0 aliphatic carbocycles. The highest BCUT2D eigenvalue weighted by molar-refractivity contribution is 5.75. The second kappa shape index (κ2) is 7.03. The minimum Gasteiger partial charge on any atom is -0.481 e. The second-order valence-corrected chi connectivity index (χ2v) is 6.16. The lowest BCUT2D eigenvalue weighted by molar-refractivity contribution is -0.153. The number of hydrogen-bond donors (Lipinski definition) is 1. The third-order valence-corrected chi connectivity index (χ3v) is 4.52. The summed E-state index contributed by atoms with van der Waals surface area (Å²) in [6.07, 6.45) is 6.37. The fourth-order valence-electron chi connectivity index (χ4n) is 3.31. The van der Waals surface area contributed by atoms with E-state index in [0.717, 1.165) is 50.9 Å². The molecule has 21 heavy (non-hydrogen) atoms. The molecule has 1 aliphatic heterocycles. The maximum Gasteiger partial charge on any atom is 0.310 e. The van der Waals surface area contributed by atoms with E-state index in [1.54, 1.807) is 0 Å². The van der Waals surface area contributed by atoms with Gasteiger partial charge in [-0.25, -0.2) is 0 Å². The summed E-state index contributed by atoms with van der Waals surface area (Å²) in [6.45, 7) is 6.55. The van der Waals surface area contributed by atoms with E-state index in [1.807, 2.05) is 6.20 Å². The highest BCUT2D eigenvalue weighted by atomic mass is 16.4. The van der Waals surface area contributed by atoms with Crippen LogP contribution in [0.5, 0.6) is 0 Å². The molecule has 1 N–H and O–H groups in total. The molecule has 1 aliphatic rings. The first-order valence-electron chi connectivity index (χ1n) is 7.99. The summed E-state index contributed by atoms with van der Waals surface area (Å²) in [7, 11) is 0. The van der Waals surface area contributed by atoms with Gasteiger partial charge in [0.25, 0.3) is 0 Å². The molecular weight excluding hydrogens is 264 g/mol. The Morgan fingerprint density at radius 3 is 2.81 bits per heavy atom. The van der Waals surface area contributed by atoms with Crippen LogP contribution < -0.4 is 0 Å². The monoisotopic (exact) mass is 290 g/mol. The van der Waals surface area contributed by atoms with Crippen LogP contribution in [-0.2, 0) is 17.8 Å². The first-order chi connectivity index (χ1) is 10.1. The van der Waals surface area contributed by atoms with Gasteiger partial charge < -0.3 is 5.11 Å². The fraction of sp³-hybridized carbons (Fsp3) is 0.647. The zero-order chi connectivity index (χ0) is 15.3. The molecule has 4 heteroatoms. The van der Waals surface area contributed by atoms with E-state index in [9.17, 15) is 9.90 Å². The molecule has 1 fully saturated rings. The molecular formula is C17H26N2O2. The van der Waals surface area contributed by atoms with Gasteiger partial charge in [-0.3, -0.25) is 14.7 Å². The maximum atomic E-state index is 11.7. The van der Waals surface area contributed by atoms with Gasteiger partial charge in [0.1, 0.15) is 0 Å². The largest absolute Gasteiger partial charge is 0.481 e. The average molecular weight is 290 g/mol. The number of likely N-dealkylation sites (tertiary alicyclic amines) is 1. The van der Waals surface area contributed by atoms with Gasteiger partial charge >= 0.3 is 5.97 Å². The lowest BCUT2D eigenvalue weighted by Crippen LogP contribution is -2.47. The van der Waals surface area contributed by atoms with Crippen molar-refractivity contribution in [3.05, 3.63) is 29.6 Å². The number of carboxylic acid groups (broad SMARTS) is 1. The Bertz CT molecular complexity index is 468. The third kappa shape index (κ3) is 3.82. The van der Waals surface area contributed by atoms with Crippen molar-refractivity contribution in [1.82, 2.24) is 9.88 Å². The molecule has 0 spiro atoms. The lowest BCUT2D eigenvalue weighted by atomic mass is 9.76. The summed E-state index contributed by atoms with van der Waals surface area (Å²) < 4.78 is 0. The predicted molar refractivity (Wildman–Crippen MR) is 83.1 cm³/mol. The fourth-order valence-corrected chi connectivity index (χ4v) is 3.31. The molecule has 2 heterocycles. The Hall–Kier alpha value is -1.42. The molecule has 116 valence electrons. The highest BCUT2D eigenvalue weighted by Gasteiger charge is 2.41. The van der Waals surface area contributed by atoms with Gasteiger partial charge in [0.05, 0.1) is 11.1 Å². The molecule has 1 atom stereocenters. The predicted octanol–water partition coefficient (Wildman–Crippen LogP) is 3.11. The number of aromatic nitrogens is 1. The van der Waals surface area contributed by atoms with Gasteiger partial charge in [0.2, 0.25) is 0 Å². The van der Waals surface area contributed by atoms with E-state index in [-0.39, 0.29) is 0 Å². The Kier molecular flexibility index (Phi) is 5.34. The third-order valence-electron chi connectivity index (χ3n) is 4.52. The number of hydrogen-bond acceptors (Lipinski definition) is 3. The van der Waals surface area contributed by atoms with E-state index in [2.05, 4.69) is 35.9 Å². The molecule has 0 bridgehead atoms. The highest BCUT2D eigenvalue weighted by Crippen LogP contribution is 2.35. The normalized spacial score (nSPS) is 23.1. The van der Waals surface area contributed by atoms with Crippen LogP contribution >= 0.6 is 0 Å². The van der Waals surface area contributed by atoms with E-state index in [4.69, 9.17) is 0 Å². The molecule has 1 saturated heterocycles. The zero-order valence-corrected chi connectivity index (χ0v) is 13.1.